The van der Waals surface area contributed by atoms with E-state index in [1.54, 1.807) is 42.5 Å². The maximum atomic E-state index is 13.0. The summed E-state index contributed by atoms with van der Waals surface area (Å²) < 4.78 is 1.91. The Kier molecular flexibility index (Phi) is 5.74. The summed E-state index contributed by atoms with van der Waals surface area (Å²) in [6.07, 6.45) is 0. The minimum atomic E-state index is -0.772. The van der Waals surface area contributed by atoms with Gasteiger partial charge in [-0.15, -0.1) is 0 Å². The number of carbonyl (C=O) groups is 2. The second kappa shape index (κ2) is 8.24. The van der Waals surface area contributed by atoms with Crippen LogP contribution in [0.25, 0.3) is 5.69 Å². The summed E-state index contributed by atoms with van der Waals surface area (Å²) in [5, 5.41) is 7.10. The van der Waals surface area contributed by atoms with Crippen molar-refractivity contribution in [2.75, 3.05) is 5.32 Å². The maximum absolute atomic E-state index is 13.0. The van der Waals surface area contributed by atoms with Gasteiger partial charge < -0.3 is 5.32 Å². The quantitative estimate of drug-likeness (QED) is 0.647. The van der Waals surface area contributed by atoms with E-state index in [0.29, 0.717) is 22.0 Å². The summed E-state index contributed by atoms with van der Waals surface area (Å²) in [6, 6.07) is 13.0. The van der Waals surface area contributed by atoms with Gasteiger partial charge in [0.2, 0.25) is 5.91 Å². The Morgan fingerprint density at radius 2 is 1.76 bits per heavy atom. The molecule has 1 N–H and O–H groups in total. The number of hydrogen-bond acceptors (Lipinski definition) is 5. The molecular formula is C20H17ClN4O4. The summed E-state index contributed by atoms with van der Waals surface area (Å²) in [6.45, 7) is 2.51. The van der Waals surface area contributed by atoms with Gasteiger partial charge in [-0.3, -0.25) is 19.0 Å². The van der Waals surface area contributed by atoms with Gasteiger partial charge in [0.1, 0.15) is 0 Å². The Morgan fingerprint density at radius 1 is 1.07 bits per heavy atom. The van der Waals surface area contributed by atoms with Crippen molar-refractivity contribution in [3.8, 4) is 5.69 Å². The third kappa shape index (κ3) is 4.49. The molecule has 0 saturated heterocycles. The van der Waals surface area contributed by atoms with Crippen LogP contribution >= 0.6 is 11.6 Å². The summed E-state index contributed by atoms with van der Waals surface area (Å²) in [5.74, 6) is -0.841. The molecule has 0 radical (unpaired) electrons. The lowest BCUT2D eigenvalue weighted by Gasteiger charge is -2.12. The third-order valence-electron chi connectivity index (χ3n) is 4.06. The minimum absolute atomic E-state index is 0.0526. The Balaban J connectivity index is 2.18. The zero-order valence-electron chi connectivity index (χ0n) is 15.7. The minimum Gasteiger partial charge on any atom is -0.326 e. The van der Waals surface area contributed by atoms with Gasteiger partial charge in [0, 0.05) is 24.6 Å². The van der Waals surface area contributed by atoms with Crippen molar-refractivity contribution in [1.82, 2.24) is 14.3 Å². The average molecular weight is 413 g/mol. The molecule has 9 heteroatoms. The van der Waals surface area contributed by atoms with E-state index in [9.17, 15) is 19.2 Å². The Labute approximate surface area is 170 Å². The number of anilines is 1. The van der Waals surface area contributed by atoms with Gasteiger partial charge in [-0.25, -0.2) is 4.79 Å². The van der Waals surface area contributed by atoms with Crippen LogP contribution in [0.5, 0.6) is 0 Å². The van der Waals surface area contributed by atoms with Crippen molar-refractivity contribution in [2.45, 2.75) is 20.4 Å². The monoisotopic (exact) mass is 412 g/mol. The van der Waals surface area contributed by atoms with E-state index in [4.69, 9.17) is 11.6 Å². The normalized spacial score (nSPS) is 10.6. The van der Waals surface area contributed by atoms with Crippen LogP contribution in [0, 0.1) is 0 Å². The van der Waals surface area contributed by atoms with E-state index in [0.717, 1.165) is 9.25 Å². The molecular weight excluding hydrogens is 396 g/mol. The molecule has 0 bridgehead atoms. The van der Waals surface area contributed by atoms with E-state index in [2.05, 4.69) is 10.4 Å². The molecule has 1 heterocycles. The zero-order chi connectivity index (χ0) is 21.1. The molecule has 0 aliphatic heterocycles. The second-order valence-electron chi connectivity index (χ2n) is 6.35. The standard InChI is InChI=1S/C20H17ClN4O4/c1-12(26)18-19(28)24(11-14-6-8-15(21)9-7-14)20(29)25(23-18)17-5-3-4-16(10-17)22-13(2)27/h3-10H,11H2,1-2H3,(H,22,27). The number of ketones is 1. The van der Waals surface area contributed by atoms with E-state index < -0.39 is 17.0 Å². The third-order valence-corrected chi connectivity index (χ3v) is 4.31. The number of nitrogens with one attached hydrogen (secondary N) is 1. The Hall–Kier alpha value is -3.52. The molecule has 0 fully saturated rings. The second-order valence-corrected chi connectivity index (χ2v) is 6.78. The van der Waals surface area contributed by atoms with Crippen LogP contribution in [0.2, 0.25) is 5.02 Å². The average Bonchev–Trinajstić information content (AvgIpc) is 2.66. The topological polar surface area (TPSA) is 103 Å². The molecule has 1 aromatic heterocycles. The summed E-state index contributed by atoms with van der Waals surface area (Å²) in [4.78, 5) is 48.9. The van der Waals surface area contributed by atoms with E-state index in [1.807, 2.05) is 0 Å². The number of aromatic nitrogens is 3. The van der Waals surface area contributed by atoms with Crippen LogP contribution in [0.15, 0.2) is 58.1 Å². The molecule has 3 aromatic rings. The Bertz CT molecular complexity index is 1210. The first-order valence-corrected chi connectivity index (χ1v) is 9.01. The number of hydrogen-bond donors (Lipinski definition) is 1. The highest BCUT2D eigenvalue weighted by Gasteiger charge is 2.18. The van der Waals surface area contributed by atoms with Crippen LogP contribution in [0.1, 0.15) is 29.9 Å². The molecule has 1 amide bonds. The lowest BCUT2D eigenvalue weighted by molar-refractivity contribution is -0.114. The van der Waals surface area contributed by atoms with Crippen molar-refractivity contribution in [1.29, 1.82) is 0 Å². The Morgan fingerprint density at radius 3 is 2.38 bits per heavy atom. The van der Waals surface area contributed by atoms with Gasteiger partial charge in [0.25, 0.3) is 5.56 Å². The SMILES string of the molecule is CC(=O)Nc1cccc(-n2nc(C(C)=O)c(=O)n(Cc3ccc(Cl)cc3)c2=O)c1. The molecule has 3 rings (SSSR count). The molecule has 2 aromatic carbocycles. The fraction of sp³-hybridized carbons (Fsp3) is 0.150. The molecule has 0 spiro atoms. The van der Waals surface area contributed by atoms with Crippen LogP contribution in [-0.2, 0) is 11.3 Å². The molecule has 8 nitrogen and oxygen atoms in total. The number of halogens is 1. The van der Waals surface area contributed by atoms with Gasteiger partial charge in [-0.1, -0.05) is 29.8 Å². The summed E-state index contributed by atoms with van der Waals surface area (Å²) in [7, 11) is 0. The molecule has 0 unspecified atom stereocenters. The molecule has 0 saturated carbocycles. The molecule has 0 atom stereocenters. The summed E-state index contributed by atoms with van der Waals surface area (Å²) >= 11 is 5.88. The predicted molar refractivity (Wildman–Crippen MR) is 109 cm³/mol. The number of carbonyl (C=O) groups excluding carboxylic acids is 2. The number of nitrogens with zero attached hydrogens (tertiary/aromatic N) is 3. The number of rotatable bonds is 5. The first kappa shape index (κ1) is 20.2. The van der Waals surface area contributed by atoms with Gasteiger partial charge >= 0.3 is 5.69 Å². The fourth-order valence-electron chi connectivity index (χ4n) is 2.73. The number of benzene rings is 2. The lowest BCUT2D eigenvalue weighted by Crippen LogP contribution is -2.44. The van der Waals surface area contributed by atoms with Crippen molar-refractivity contribution in [3.63, 3.8) is 0 Å². The molecule has 0 aliphatic carbocycles. The smallest absolute Gasteiger partial charge is 0.326 e. The van der Waals surface area contributed by atoms with Crippen molar-refractivity contribution in [3.05, 3.63) is 85.6 Å². The van der Waals surface area contributed by atoms with Gasteiger partial charge in [0.15, 0.2) is 11.5 Å². The van der Waals surface area contributed by atoms with Gasteiger partial charge in [-0.05, 0) is 35.9 Å². The van der Waals surface area contributed by atoms with E-state index >= 15 is 0 Å². The van der Waals surface area contributed by atoms with Crippen LogP contribution in [0.4, 0.5) is 5.69 Å². The first-order valence-electron chi connectivity index (χ1n) is 8.64. The van der Waals surface area contributed by atoms with Crippen LogP contribution < -0.4 is 16.6 Å². The molecule has 29 heavy (non-hydrogen) atoms. The van der Waals surface area contributed by atoms with Crippen molar-refractivity contribution < 1.29 is 9.59 Å². The number of Topliss-reactive ketones (excluding diaryl/α,β-unsaturated/α-hetero) is 1. The van der Waals surface area contributed by atoms with E-state index in [1.165, 1.54) is 19.9 Å². The van der Waals surface area contributed by atoms with E-state index in [-0.39, 0.29) is 18.1 Å². The van der Waals surface area contributed by atoms with Gasteiger partial charge in [0.05, 0.1) is 12.2 Å². The highest BCUT2D eigenvalue weighted by molar-refractivity contribution is 6.30. The first-order chi connectivity index (χ1) is 13.8. The largest absolute Gasteiger partial charge is 0.352 e. The van der Waals surface area contributed by atoms with Crippen LogP contribution in [-0.4, -0.2) is 26.0 Å². The maximum Gasteiger partial charge on any atom is 0.352 e. The molecule has 148 valence electrons. The highest BCUT2D eigenvalue weighted by atomic mass is 35.5. The predicted octanol–water partition coefficient (Wildman–Crippen LogP) is 2.26. The fourth-order valence-corrected chi connectivity index (χ4v) is 2.86. The number of amides is 1. The highest BCUT2D eigenvalue weighted by Crippen LogP contribution is 2.13. The molecule has 0 aliphatic rings. The van der Waals surface area contributed by atoms with Crippen molar-refractivity contribution >= 4 is 29.0 Å². The van der Waals surface area contributed by atoms with Crippen molar-refractivity contribution in [2.24, 2.45) is 0 Å². The van der Waals surface area contributed by atoms with Gasteiger partial charge in [-0.2, -0.15) is 9.78 Å². The van der Waals surface area contributed by atoms with Crippen LogP contribution in [0.3, 0.4) is 0 Å². The summed E-state index contributed by atoms with van der Waals surface area (Å²) in [5.41, 5.74) is -0.435. The zero-order valence-corrected chi connectivity index (χ0v) is 16.4. The lowest BCUT2D eigenvalue weighted by atomic mass is 10.2.